The monoisotopic (exact) mass is 371 g/mol. The molecule has 0 unspecified atom stereocenters. The van der Waals surface area contributed by atoms with E-state index < -0.39 is 30.4 Å². The van der Waals surface area contributed by atoms with Gasteiger partial charge in [0.05, 0.1) is 11.2 Å². The largest absolute Gasteiger partial charge is 0.573 e. The van der Waals surface area contributed by atoms with E-state index in [1.807, 2.05) is 27.7 Å². The molecule has 1 aliphatic heterocycles. The molecule has 0 atom stereocenters. The molecule has 0 aromatic heterocycles. The lowest BCUT2D eigenvalue weighted by molar-refractivity contribution is -0.274. The molecule has 1 aromatic rings. The van der Waals surface area contributed by atoms with Crippen molar-refractivity contribution in [3.05, 3.63) is 34.8 Å². The maximum absolute atomic E-state index is 12.5. The minimum absolute atomic E-state index is 0.0447. The molecule has 2 N–H and O–H groups in total. The van der Waals surface area contributed by atoms with Gasteiger partial charge in [-0.2, -0.15) is 0 Å². The number of benzene rings is 1. The number of hydrogen-bond donors (Lipinski definition) is 1. The van der Waals surface area contributed by atoms with Crippen LogP contribution in [0.5, 0.6) is 5.75 Å². The molecule has 1 aromatic carbocycles. The van der Waals surface area contributed by atoms with Crippen molar-refractivity contribution in [3.8, 4) is 5.75 Å². The Bertz CT molecular complexity index is 700. The molecule has 0 bridgehead atoms. The highest BCUT2D eigenvalue weighted by atomic mass is 19.4. The average molecular weight is 371 g/mol. The van der Waals surface area contributed by atoms with E-state index in [1.54, 1.807) is 6.08 Å². The smallest absolute Gasteiger partial charge is 0.406 e. The molecule has 142 valence electrons. The first-order valence-corrected chi connectivity index (χ1v) is 7.99. The number of carbonyl (C=O) groups excluding carboxylic acids is 1. The van der Waals surface area contributed by atoms with Gasteiger partial charge in [0, 0.05) is 12.1 Å². The van der Waals surface area contributed by atoms with Gasteiger partial charge in [-0.15, -0.1) is 13.2 Å². The molecule has 1 fully saturated rings. The summed E-state index contributed by atoms with van der Waals surface area (Å²) in [6.07, 6.45) is -2.87. The van der Waals surface area contributed by atoms with Crippen molar-refractivity contribution in [2.75, 3.05) is 6.54 Å². The predicted molar refractivity (Wildman–Crippen MR) is 91.6 cm³/mol. The summed E-state index contributed by atoms with van der Waals surface area (Å²) >= 11 is 0. The molecule has 0 amide bonds. The average Bonchev–Trinajstić information content (AvgIpc) is 2.70. The molecule has 1 heterocycles. The minimum Gasteiger partial charge on any atom is -0.406 e. The Morgan fingerprint density at radius 2 is 1.69 bits per heavy atom. The molecular formula is C17H21BF3NO4. The fourth-order valence-electron chi connectivity index (χ4n) is 2.42. The van der Waals surface area contributed by atoms with Gasteiger partial charge in [0.15, 0.2) is 0 Å². The summed E-state index contributed by atoms with van der Waals surface area (Å²) in [4.78, 5) is 11.0. The van der Waals surface area contributed by atoms with Gasteiger partial charge < -0.3 is 19.8 Å². The van der Waals surface area contributed by atoms with E-state index in [0.717, 1.165) is 6.07 Å². The zero-order valence-electron chi connectivity index (χ0n) is 15.0. The molecular weight excluding hydrogens is 350 g/mol. The zero-order chi connectivity index (χ0) is 19.8. The number of halogens is 3. The quantitative estimate of drug-likeness (QED) is 0.635. The van der Waals surface area contributed by atoms with Gasteiger partial charge in [-0.25, -0.2) is 0 Å². The summed E-state index contributed by atoms with van der Waals surface area (Å²) in [6.45, 7) is 7.58. The first kappa shape index (κ1) is 20.5. The van der Waals surface area contributed by atoms with Crippen molar-refractivity contribution < 1.29 is 32.0 Å². The molecule has 2 rings (SSSR count). The molecule has 0 radical (unpaired) electrons. The number of ether oxygens (including phenoxy) is 1. The molecule has 9 heteroatoms. The molecule has 5 nitrogen and oxygen atoms in total. The minimum atomic E-state index is -4.86. The third-order valence-corrected chi connectivity index (χ3v) is 4.46. The maximum Gasteiger partial charge on any atom is 0.573 e. The SMILES string of the molecule is CC1(C)OB(C(=Cc2cc(C=O)cc(OC(F)(F)F)c2)CN)OC1(C)C. The summed E-state index contributed by atoms with van der Waals surface area (Å²) in [5.41, 5.74) is 5.51. The van der Waals surface area contributed by atoms with Gasteiger partial charge in [0.1, 0.15) is 12.0 Å². The molecule has 0 spiro atoms. The number of nitrogens with two attached hydrogens (primary N) is 1. The Kier molecular flexibility index (Phi) is 5.56. The summed E-state index contributed by atoms with van der Waals surface area (Å²) in [5, 5.41) is 0. The number of aldehydes is 1. The summed E-state index contributed by atoms with van der Waals surface area (Å²) in [7, 11) is -0.739. The Labute approximate surface area is 150 Å². The van der Waals surface area contributed by atoms with Crippen LogP contribution < -0.4 is 10.5 Å². The van der Waals surface area contributed by atoms with E-state index in [-0.39, 0.29) is 12.1 Å². The van der Waals surface area contributed by atoms with Crippen LogP contribution in [0.25, 0.3) is 6.08 Å². The van der Waals surface area contributed by atoms with Gasteiger partial charge in [0.2, 0.25) is 0 Å². The van der Waals surface area contributed by atoms with E-state index in [0.29, 0.717) is 17.3 Å². The standard InChI is InChI=1S/C17H21BF3NO4/c1-15(2)16(3,4)26-18(25-15)13(9-22)6-11-5-12(10-23)8-14(7-11)24-17(19,20)21/h5-8,10H,9,22H2,1-4H3. The predicted octanol–water partition coefficient (Wildman–Crippen LogP) is 3.37. The lowest BCUT2D eigenvalue weighted by Crippen LogP contribution is -2.41. The molecule has 0 saturated carbocycles. The first-order valence-electron chi connectivity index (χ1n) is 7.99. The number of carbonyl (C=O) groups is 1. The van der Waals surface area contributed by atoms with Crippen molar-refractivity contribution in [3.63, 3.8) is 0 Å². The second-order valence-corrected chi connectivity index (χ2v) is 7.01. The topological polar surface area (TPSA) is 70.8 Å². The molecule has 1 saturated heterocycles. The first-order chi connectivity index (χ1) is 11.9. The summed E-state index contributed by atoms with van der Waals surface area (Å²) in [5.74, 6) is -0.487. The van der Waals surface area contributed by atoms with Crippen LogP contribution in [-0.4, -0.2) is 37.5 Å². The normalized spacial score (nSPS) is 19.5. The third kappa shape index (κ3) is 4.66. The summed E-state index contributed by atoms with van der Waals surface area (Å²) < 4.78 is 53.1. The van der Waals surface area contributed by atoms with Gasteiger partial charge in [0.25, 0.3) is 0 Å². The highest BCUT2D eigenvalue weighted by Gasteiger charge is 2.52. The number of hydrogen-bond acceptors (Lipinski definition) is 5. The van der Waals surface area contributed by atoms with E-state index in [2.05, 4.69) is 4.74 Å². The summed E-state index contributed by atoms with van der Waals surface area (Å²) in [6, 6.07) is 3.60. The van der Waals surface area contributed by atoms with E-state index in [1.165, 1.54) is 12.1 Å². The lowest BCUT2D eigenvalue weighted by atomic mass is 9.77. The van der Waals surface area contributed by atoms with Crippen LogP contribution in [0.4, 0.5) is 13.2 Å². The Morgan fingerprint density at radius 3 is 2.15 bits per heavy atom. The third-order valence-electron chi connectivity index (χ3n) is 4.46. The highest BCUT2D eigenvalue weighted by Crippen LogP contribution is 2.38. The van der Waals surface area contributed by atoms with Crippen molar-refractivity contribution in [2.45, 2.75) is 45.3 Å². The van der Waals surface area contributed by atoms with E-state index in [4.69, 9.17) is 15.0 Å². The second kappa shape index (κ2) is 7.05. The van der Waals surface area contributed by atoms with Crippen molar-refractivity contribution in [1.29, 1.82) is 0 Å². The van der Waals surface area contributed by atoms with Gasteiger partial charge in [-0.3, -0.25) is 4.79 Å². The van der Waals surface area contributed by atoms with Crippen LogP contribution in [-0.2, 0) is 9.31 Å². The lowest BCUT2D eigenvalue weighted by Gasteiger charge is -2.32. The second-order valence-electron chi connectivity index (χ2n) is 7.01. The fourth-order valence-corrected chi connectivity index (χ4v) is 2.42. The van der Waals surface area contributed by atoms with Crippen LogP contribution in [0.3, 0.4) is 0 Å². The van der Waals surface area contributed by atoms with Crippen LogP contribution in [0, 0.1) is 0 Å². The molecule has 0 aliphatic carbocycles. The molecule has 1 aliphatic rings. The number of rotatable bonds is 5. The Hall–Kier alpha value is -1.84. The van der Waals surface area contributed by atoms with Crippen molar-refractivity contribution in [2.24, 2.45) is 5.73 Å². The zero-order valence-corrected chi connectivity index (χ0v) is 15.0. The highest BCUT2D eigenvalue weighted by molar-refractivity contribution is 6.55. The van der Waals surface area contributed by atoms with E-state index >= 15 is 0 Å². The van der Waals surface area contributed by atoms with Crippen molar-refractivity contribution in [1.82, 2.24) is 0 Å². The van der Waals surface area contributed by atoms with E-state index in [9.17, 15) is 18.0 Å². The van der Waals surface area contributed by atoms with Gasteiger partial charge in [-0.1, -0.05) is 6.08 Å². The fraction of sp³-hybridized carbons (Fsp3) is 0.471. The van der Waals surface area contributed by atoms with Gasteiger partial charge >= 0.3 is 13.5 Å². The van der Waals surface area contributed by atoms with Crippen molar-refractivity contribution >= 4 is 19.5 Å². The number of alkyl halides is 3. The Balaban J connectivity index is 2.37. The van der Waals surface area contributed by atoms with Gasteiger partial charge in [-0.05, 0) is 56.9 Å². The Morgan fingerprint density at radius 1 is 1.15 bits per heavy atom. The van der Waals surface area contributed by atoms with Crippen LogP contribution in [0.1, 0.15) is 43.6 Å². The molecule has 26 heavy (non-hydrogen) atoms. The van der Waals surface area contributed by atoms with Crippen LogP contribution in [0.15, 0.2) is 23.7 Å². The van der Waals surface area contributed by atoms with Crippen LogP contribution >= 0.6 is 0 Å². The maximum atomic E-state index is 12.5. The van der Waals surface area contributed by atoms with Crippen LogP contribution in [0.2, 0.25) is 0 Å².